The Bertz CT molecular complexity index is 941. The molecule has 0 heterocycles. The first-order valence-corrected chi connectivity index (χ1v) is 10.7. The van der Waals surface area contributed by atoms with Gasteiger partial charge in [-0.25, -0.2) is 8.42 Å². The molecule has 0 fully saturated rings. The van der Waals surface area contributed by atoms with E-state index >= 15 is 0 Å². The molecule has 0 bridgehead atoms. The monoisotopic (exact) mass is 419 g/mol. The maximum atomic E-state index is 12.5. The average molecular weight is 420 g/mol. The standard InChI is InChI=1S/C20H25N3O5S/c1-4-14(3)19(24)21-22-20(25)15-6-8-16(9-7-15)23-29(26,27)18-12-10-17(11-13-18)28-5-2/h6-14,23H,4-5H2,1-3H3,(H,21,24)(H,22,25)/t14-/m1/s1. The summed E-state index contributed by atoms with van der Waals surface area (Å²) in [6.45, 7) is 5.97. The summed E-state index contributed by atoms with van der Waals surface area (Å²) in [6.07, 6.45) is 0.658. The van der Waals surface area contributed by atoms with Gasteiger partial charge in [-0.2, -0.15) is 0 Å². The fourth-order valence-electron chi connectivity index (χ4n) is 2.28. The van der Waals surface area contributed by atoms with Gasteiger partial charge in [-0.15, -0.1) is 0 Å². The first-order chi connectivity index (χ1) is 13.8. The lowest BCUT2D eigenvalue weighted by Crippen LogP contribution is -2.43. The Kier molecular flexibility index (Phi) is 7.60. The van der Waals surface area contributed by atoms with Crippen LogP contribution >= 0.6 is 0 Å². The summed E-state index contributed by atoms with van der Waals surface area (Å²) in [5, 5.41) is 0. The van der Waals surface area contributed by atoms with E-state index in [-0.39, 0.29) is 22.3 Å². The summed E-state index contributed by atoms with van der Waals surface area (Å²) in [5.74, 6) is -0.403. The summed E-state index contributed by atoms with van der Waals surface area (Å²) in [4.78, 5) is 23.9. The van der Waals surface area contributed by atoms with Gasteiger partial charge < -0.3 is 4.74 Å². The van der Waals surface area contributed by atoms with Crippen LogP contribution in [0.5, 0.6) is 5.75 Å². The average Bonchev–Trinajstić information content (AvgIpc) is 2.72. The molecule has 0 aliphatic carbocycles. The van der Waals surface area contributed by atoms with Crippen molar-refractivity contribution in [3.63, 3.8) is 0 Å². The van der Waals surface area contributed by atoms with Gasteiger partial charge in [-0.05, 0) is 61.9 Å². The topological polar surface area (TPSA) is 114 Å². The Balaban J connectivity index is 2.00. The molecule has 2 aromatic rings. The molecule has 0 spiro atoms. The van der Waals surface area contributed by atoms with Gasteiger partial charge in [0, 0.05) is 17.2 Å². The summed E-state index contributed by atoms with van der Waals surface area (Å²) < 4.78 is 32.7. The molecule has 0 aliphatic rings. The molecule has 8 nitrogen and oxygen atoms in total. The summed E-state index contributed by atoms with van der Waals surface area (Å²) in [6, 6.07) is 11.9. The Morgan fingerprint density at radius 1 is 0.966 bits per heavy atom. The smallest absolute Gasteiger partial charge is 0.269 e. The van der Waals surface area contributed by atoms with Crippen LogP contribution in [0.25, 0.3) is 0 Å². The molecular formula is C20H25N3O5S. The van der Waals surface area contributed by atoms with Crippen LogP contribution in [0.4, 0.5) is 5.69 Å². The van der Waals surface area contributed by atoms with Crippen molar-refractivity contribution in [2.75, 3.05) is 11.3 Å². The van der Waals surface area contributed by atoms with E-state index in [0.717, 1.165) is 0 Å². The normalized spacial score (nSPS) is 12.0. The largest absolute Gasteiger partial charge is 0.494 e. The number of hydrogen-bond acceptors (Lipinski definition) is 5. The highest BCUT2D eigenvalue weighted by atomic mass is 32.2. The van der Waals surface area contributed by atoms with E-state index in [9.17, 15) is 18.0 Å². The number of rotatable bonds is 8. The zero-order chi connectivity index (χ0) is 21.4. The second-order valence-corrected chi connectivity index (χ2v) is 8.02. The third-order valence-electron chi connectivity index (χ3n) is 4.20. The van der Waals surface area contributed by atoms with Gasteiger partial charge >= 0.3 is 0 Å². The predicted octanol–water partition coefficient (Wildman–Crippen LogP) is 2.69. The summed E-state index contributed by atoms with van der Waals surface area (Å²) in [7, 11) is -3.78. The molecule has 2 amide bonds. The minimum absolute atomic E-state index is 0.0931. The number of anilines is 1. The minimum atomic E-state index is -3.78. The van der Waals surface area contributed by atoms with Crippen molar-refractivity contribution >= 4 is 27.5 Å². The Labute approximate surface area is 170 Å². The van der Waals surface area contributed by atoms with Crippen LogP contribution < -0.4 is 20.3 Å². The third kappa shape index (κ3) is 6.21. The molecule has 29 heavy (non-hydrogen) atoms. The van der Waals surface area contributed by atoms with Gasteiger partial charge in [-0.3, -0.25) is 25.2 Å². The number of hydrazine groups is 1. The van der Waals surface area contributed by atoms with Crippen molar-refractivity contribution in [3.8, 4) is 5.75 Å². The highest BCUT2D eigenvalue weighted by Gasteiger charge is 2.15. The Hall–Kier alpha value is -3.07. The second kappa shape index (κ2) is 9.92. The molecule has 3 N–H and O–H groups in total. The van der Waals surface area contributed by atoms with Gasteiger partial charge in [0.05, 0.1) is 11.5 Å². The first-order valence-electron chi connectivity index (χ1n) is 9.22. The predicted molar refractivity (Wildman–Crippen MR) is 110 cm³/mol. The lowest BCUT2D eigenvalue weighted by molar-refractivity contribution is -0.125. The lowest BCUT2D eigenvalue weighted by atomic mass is 10.1. The fourth-order valence-corrected chi connectivity index (χ4v) is 3.34. The van der Waals surface area contributed by atoms with Crippen molar-refractivity contribution in [2.24, 2.45) is 5.92 Å². The molecule has 0 radical (unpaired) electrons. The van der Waals surface area contributed by atoms with E-state index in [2.05, 4.69) is 15.6 Å². The van der Waals surface area contributed by atoms with Gasteiger partial charge in [0.25, 0.3) is 15.9 Å². The molecule has 0 saturated heterocycles. The number of amides is 2. The zero-order valence-electron chi connectivity index (χ0n) is 16.6. The van der Waals surface area contributed by atoms with Gasteiger partial charge in [0.15, 0.2) is 0 Å². The van der Waals surface area contributed by atoms with Crippen LogP contribution in [0.3, 0.4) is 0 Å². The number of sulfonamides is 1. The minimum Gasteiger partial charge on any atom is -0.494 e. The number of carbonyl (C=O) groups excluding carboxylic acids is 2. The highest BCUT2D eigenvalue weighted by molar-refractivity contribution is 7.92. The molecule has 2 aromatic carbocycles. The van der Waals surface area contributed by atoms with E-state index in [1.54, 1.807) is 19.1 Å². The van der Waals surface area contributed by atoms with E-state index in [1.165, 1.54) is 36.4 Å². The molecule has 9 heteroatoms. The van der Waals surface area contributed by atoms with Crippen LogP contribution in [-0.2, 0) is 14.8 Å². The van der Waals surface area contributed by atoms with Crippen LogP contribution in [0.15, 0.2) is 53.4 Å². The van der Waals surface area contributed by atoms with Gasteiger partial charge in [0.1, 0.15) is 5.75 Å². The third-order valence-corrected chi connectivity index (χ3v) is 5.60. The van der Waals surface area contributed by atoms with Crippen LogP contribution in [0.1, 0.15) is 37.6 Å². The molecular weight excluding hydrogens is 394 g/mol. The van der Waals surface area contributed by atoms with Crippen LogP contribution in [0, 0.1) is 5.92 Å². The molecule has 2 rings (SSSR count). The van der Waals surface area contributed by atoms with E-state index in [0.29, 0.717) is 24.5 Å². The lowest BCUT2D eigenvalue weighted by Gasteiger charge is -2.12. The zero-order valence-corrected chi connectivity index (χ0v) is 17.4. The Morgan fingerprint density at radius 3 is 2.14 bits per heavy atom. The quantitative estimate of drug-likeness (QED) is 0.569. The van der Waals surface area contributed by atoms with E-state index in [1.807, 2.05) is 13.8 Å². The van der Waals surface area contributed by atoms with E-state index < -0.39 is 15.9 Å². The van der Waals surface area contributed by atoms with Gasteiger partial charge in [-0.1, -0.05) is 13.8 Å². The van der Waals surface area contributed by atoms with Crippen molar-refractivity contribution in [2.45, 2.75) is 32.1 Å². The highest BCUT2D eigenvalue weighted by Crippen LogP contribution is 2.19. The second-order valence-electron chi connectivity index (χ2n) is 6.34. The number of benzene rings is 2. The molecule has 156 valence electrons. The number of carbonyl (C=O) groups is 2. The molecule has 0 aliphatic heterocycles. The summed E-state index contributed by atoms with van der Waals surface area (Å²) >= 11 is 0. The number of ether oxygens (including phenoxy) is 1. The molecule has 0 aromatic heterocycles. The molecule has 0 unspecified atom stereocenters. The maximum Gasteiger partial charge on any atom is 0.269 e. The number of nitrogens with one attached hydrogen (secondary N) is 3. The first kappa shape index (κ1) is 22.2. The van der Waals surface area contributed by atoms with Crippen molar-refractivity contribution in [1.29, 1.82) is 0 Å². The molecule has 0 saturated carbocycles. The Morgan fingerprint density at radius 2 is 1.59 bits per heavy atom. The van der Waals surface area contributed by atoms with Crippen molar-refractivity contribution in [1.82, 2.24) is 10.9 Å². The molecule has 1 atom stereocenters. The number of hydrogen-bond donors (Lipinski definition) is 3. The summed E-state index contributed by atoms with van der Waals surface area (Å²) in [5.41, 5.74) is 5.27. The van der Waals surface area contributed by atoms with Gasteiger partial charge in [0.2, 0.25) is 5.91 Å². The van der Waals surface area contributed by atoms with Crippen LogP contribution in [0.2, 0.25) is 0 Å². The van der Waals surface area contributed by atoms with Crippen molar-refractivity contribution < 1.29 is 22.7 Å². The maximum absolute atomic E-state index is 12.5. The van der Waals surface area contributed by atoms with Crippen molar-refractivity contribution in [3.05, 3.63) is 54.1 Å². The SMILES string of the molecule is CCOc1ccc(S(=O)(=O)Nc2ccc(C(=O)NNC(=O)[C@H](C)CC)cc2)cc1. The fraction of sp³-hybridized carbons (Fsp3) is 0.300. The van der Waals surface area contributed by atoms with Crippen LogP contribution in [-0.4, -0.2) is 26.8 Å². The van der Waals surface area contributed by atoms with E-state index in [4.69, 9.17) is 4.74 Å².